The maximum absolute atomic E-state index is 11.0. The standard InChI is InChI=1S/C8H17N3O2/c1-3-4-10-7(12)5-11-8(13)6(2)9/h6H,3-5,9H2,1-2H3,(H,10,12)(H,11,13)/t6-/m0/s1. The predicted molar refractivity (Wildman–Crippen MR) is 50.0 cm³/mol. The molecule has 13 heavy (non-hydrogen) atoms. The molecule has 0 saturated carbocycles. The summed E-state index contributed by atoms with van der Waals surface area (Å²) in [5.74, 6) is -0.498. The van der Waals surface area contributed by atoms with E-state index >= 15 is 0 Å². The Morgan fingerprint density at radius 3 is 2.46 bits per heavy atom. The van der Waals surface area contributed by atoms with Crippen LogP contribution in [0.2, 0.25) is 0 Å². The minimum atomic E-state index is -0.570. The monoisotopic (exact) mass is 187 g/mol. The van der Waals surface area contributed by atoms with Gasteiger partial charge < -0.3 is 16.4 Å². The second-order valence-corrected chi connectivity index (χ2v) is 2.86. The van der Waals surface area contributed by atoms with Gasteiger partial charge in [-0.25, -0.2) is 0 Å². The first kappa shape index (κ1) is 11.9. The van der Waals surface area contributed by atoms with E-state index in [1.807, 2.05) is 6.92 Å². The van der Waals surface area contributed by atoms with Crippen molar-refractivity contribution < 1.29 is 9.59 Å². The van der Waals surface area contributed by atoms with Crippen LogP contribution in [0.15, 0.2) is 0 Å². The van der Waals surface area contributed by atoms with Gasteiger partial charge in [0.2, 0.25) is 11.8 Å². The van der Waals surface area contributed by atoms with Crippen LogP contribution in [0.4, 0.5) is 0 Å². The van der Waals surface area contributed by atoms with Crippen LogP contribution in [-0.2, 0) is 9.59 Å². The fraction of sp³-hybridized carbons (Fsp3) is 0.750. The SMILES string of the molecule is CCCNC(=O)CNC(=O)[C@H](C)N. The van der Waals surface area contributed by atoms with Gasteiger partial charge in [-0.1, -0.05) is 6.92 Å². The summed E-state index contributed by atoms with van der Waals surface area (Å²) >= 11 is 0. The van der Waals surface area contributed by atoms with E-state index < -0.39 is 6.04 Å². The molecule has 0 spiro atoms. The molecule has 0 saturated heterocycles. The van der Waals surface area contributed by atoms with E-state index in [-0.39, 0.29) is 18.4 Å². The van der Waals surface area contributed by atoms with Gasteiger partial charge in [0.05, 0.1) is 12.6 Å². The van der Waals surface area contributed by atoms with Crippen LogP contribution in [0.1, 0.15) is 20.3 Å². The molecule has 76 valence electrons. The summed E-state index contributed by atoms with van der Waals surface area (Å²) in [7, 11) is 0. The average Bonchev–Trinajstić information content (AvgIpc) is 2.10. The molecule has 0 fully saturated rings. The van der Waals surface area contributed by atoms with Gasteiger partial charge in [0.25, 0.3) is 0 Å². The molecule has 0 aliphatic carbocycles. The summed E-state index contributed by atoms with van der Waals surface area (Å²) in [6.45, 7) is 4.16. The quantitative estimate of drug-likeness (QED) is 0.515. The normalized spacial score (nSPS) is 11.9. The van der Waals surface area contributed by atoms with Gasteiger partial charge in [0.15, 0.2) is 0 Å². The average molecular weight is 187 g/mol. The van der Waals surface area contributed by atoms with Crippen molar-refractivity contribution in [3.05, 3.63) is 0 Å². The van der Waals surface area contributed by atoms with Gasteiger partial charge in [-0.2, -0.15) is 0 Å². The topological polar surface area (TPSA) is 84.2 Å². The summed E-state index contributed by atoms with van der Waals surface area (Å²) in [5, 5.41) is 5.05. The highest BCUT2D eigenvalue weighted by Crippen LogP contribution is 1.75. The molecule has 0 unspecified atom stereocenters. The molecule has 0 aromatic rings. The highest BCUT2D eigenvalue weighted by atomic mass is 16.2. The molecule has 5 heteroatoms. The maximum atomic E-state index is 11.0. The minimum Gasteiger partial charge on any atom is -0.355 e. The molecule has 0 aliphatic rings. The Morgan fingerprint density at radius 1 is 1.38 bits per heavy atom. The molecule has 0 heterocycles. The van der Waals surface area contributed by atoms with Crippen molar-refractivity contribution in [3.63, 3.8) is 0 Å². The van der Waals surface area contributed by atoms with Crippen molar-refractivity contribution in [3.8, 4) is 0 Å². The molecule has 0 aliphatic heterocycles. The fourth-order valence-corrected chi connectivity index (χ4v) is 0.655. The largest absolute Gasteiger partial charge is 0.355 e. The van der Waals surface area contributed by atoms with Gasteiger partial charge in [0.1, 0.15) is 0 Å². The zero-order valence-corrected chi connectivity index (χ0v) is 8.09. The Labute approximate surface area is 78.1 Å². The zero-order chi connectivity index (χ0) is 10.3. The molecule has 0 rings (SSSR count). The Hall–Kier alpha value is -1.10. The van der Waals surface area contributed by atoms with Crippen LogP contribution < -0.4 is 16.4 Å². The van der Waals surface area contributed by atoms with Crippen LogP contribution in [0, 0.1) is 0 Å². The third kappa shape index (κ3) is 6.10. The van der Waals surface area contributed by atoms with Crippen molar-refractivity contribution in [2.75, 3.05) is 13.1 Å². The molecular weight excluding hydrogens is 170 g/mol. The molecular formula is C8H17N3O2. The van der Waals surface area contributed by atoms with E-state index in [4.69, 9.17) is 5.73 Å². The molecule has 1 atom stereocenters. The number of hydrogen-bond donors (Lipinski definition) is 3. The molecule has 0 aromatic heterocycles. The predicted octanol–water partition coefficient (Wildman–Crippen LogP) is -1.02. The highest BCUT2D eigenvalue weighted by molar-refractivity contribution is 5.86. The first-order chi connectivity index (χ1) is 6.07. The lowest BCUT2D eigenvalue weighted by molar-refractivity contribution is -0.126. The Morgan fingerprint density at radius 2 is 2.00 bits per heavy atom. The van der Waals surface area contributed by atoms with E-state index in [0.717, 1.165) is 6.42 Å². The van der Waals surface area contributed by atoms with Crippen molar-refractivity contribution in [2.24, 2.45) is 5.73 Å². The Kier molecular flexibility index (Phi) is 5.88. The lowest BCUT2D eigenvalue weighted by atomic mass is 10.3. The van der Waals surface area contributed by atoms with Crippen molar-refractivity contribution in [2.45, 2.75) is 26.3 Å². The third-order valence-corrected chi connectivity index (χ3v) is 1.41. The number of hydrogen-bond acceptors (Lipinski definition) is 3. The molecule has 2 amide bonds. The van der Waals surface area contributed by atoms with Gasteiger partial charge in [0, 0.05) is 6.54 Å². The first-order valence-corrected chi connectivity index (χ1v) is 4.38. The summed E-state index contributed by atoms with van der Waals surface area (Å²) in [4.78, 5) is 21.9. The van der Waals surface area contributed by atoms with Gasteiger partial charge in [-0.05, 0) is 13.3 Å². The number of nitrogens with two attached hydrogens (primary N) is 1. The summed E-state index contributed by atoms with van der Waals surface area (Å²) in [6, 6.07) is -0.570. The van der Waals surface area contributed by atoms with E-state index in [9.17, 15) is 9.59 Å². The van der Waals surface area contributed by atoms with Crippen LogP contribution in [0.25, 0.3) is 0 Å². The van der Waals surface area contributed by atoms with E-state index in [1.165, 1.54) is 0 Å². The summed E-state index contributed by atoms with van der Waals surface area (Å²) in [6.07, 6.45) is 0.882. The molecule has 0 bridgehead atoms. The molecule has 5 nitrogen and oxygen atoms in total. The minimum absolute atomic E-state index is 0.000370. The number of nitrogens with one attached hydrogen (secondary N) is 2. The Balaban J connectivity index is 3.52. The van der Waals surface area contributed by atoms with Crippen molar-refractivity contribution >= 4 is 11.8 Å². The molecule has 4 N–H and O–H groups in total. The summed E-state index contributed by atoms with van der Waals surface area (Å²) < 4.78 is 0. The fourth-order valence-electron chi connectivity index (χ4n) is 0.655. The van der Waals surface area contributed by atoms with E-state index in [1.54, 1.807) is 6.92 Å². The van der Waals surface area contributed by atoms with Crippen molar-refractivity contribution in [1.29, 1.82) is 0 Å². The molecule has 0 radical (unpaired) electrons. The summed E-state index contributed by atoms with van der Waals surface area (Å²) in [5.41, 5.74) is 5.28. The number of carbonyl (C=O) groups excluding carboxylic acids is 2. The van der Waals surface area contributed by atoms with Gasteiger partial charge >= 0.3 is 0 Å². The van der Waals surface area contributed by atoms with Crippen LogP contribution >= 0.6 is 0 Å². The number of rotatable bonds is 5. The van der Waals surface area contributed by atoms with Gasteiger partial charge in [-0.3, -0.25) is 9.59 Å². The second-order valence-electron chi connectivity index (χ2n) is 2.86. The first-order valence-electron chi connectivity index (χ1n) is 4.38. The lowest BCUT2D eigenvalue weighted by Crippen LogP contribution is -2.43. The maximum Gasteiger partial charge on any atom is 0.239 e. The van der Waals surface area contributed by atoms with Crippen LogP contribution in [0.3, 0.4) is 0 Å². The van der Waals surface area contributed by atoms with E-state index in [0.29, 0.717) is 6.54 Å². The third-order valence-electron chi connectivity index (χ3n) is 1.41. The highest BCUT2D eigenvalue weighted by Gasteiger charge is 2.07. The Bertz CT molecular complexity index is 180. The zero-order valence-electron chi connectivity index (χ0n) is 8.09. The lowest BCUT2D eigenvalue weighted by Gasteiger charge is -2.07. The van der Waals surface area contributed by atoms with Gasteiger partial charge in [-0.15, -0.1) is 0 Å². The van der Waals surface area contributed by atoms with Crippen molar-refractivity contribution in [1.82, 2.24) is 10.6 Å². The van der Waals surface area contributed by atoms with E-state index in [2.05, 4.69) is 10.6 Å². The molecule has 0 aromatic carbocycles. The van der Waals surface area contributed by atoms with Crippen LogP contribution in [0.5, 0.6) is 0 Å². The number of amides is 2. The second kappa shape index (κ2) is 6.42. The smallest absolute Gasteiger partial charge is 0.239 e. The number of carbonyl (C=O) groups is 2. The van der Waals surface area contributed by atoms with Crippen LogP contribution in [-0.4, -0.2) is 30.9 Å².